The molecule has 0 saturated carbocycles. The fraction of sp³-hybridized carbons (Fsp3) is 0.583. The third-order valence-electron chi connectivity index (χ3n) is 4.79. The van der Waals surface area contributed by atoms with Gasteiger partial charge in [-0.25, -0.2) is 14.4 Å². The maximum atomic E-state index is 13.4. The number of anilines is 1. The molecule has 1 aromatic carbocycles. The van der Waals surface area contributed by atoms with Crippen LogP contribution in [0.1, 0.15) is 47.1 Å². The smallest absolute Gasteiger partial charge is 0.435 e. The van der Waals surface area contributed by atoms with Crippen molar-refractivity contribution in [3.8, 4) is 0 Å². The van der Waals surface area contributed by atoms with Crippen molar-refractivity contribution in [1.29, 1.82) is 0 Å². The number of carbonyl (C=O) groups excluding carboxylic acids is 3. The lowest BCUT2D eigenvalue weighted by molar-refractivity contribution is 0.0343. The summed E-state index contributed by atoms with van der Waals surface area (Å²) in [6.45, 7) is 11.1. The highest BCUT2D eigenvalue weighted by atomic mass is 16.6. The van der Waals surface area contributed by atoms with Crippen molar-refractivity contribution in [3.63, 3.8) is 0 Å². The summed E-state index contributed by atoms with van der Waals surface area (Å²) in [6, 6.07) is 6.93. The number of benzene rings is 1. The Balaban J connectivity index is 2.56. The van der Waals surface area contributed by atoms with E-state index in [0.717, 1.165) is 5.56 Å². The summed E-state index contributed by atoms with van der Waals surface area (Å²) in [7, 11) is 3.32. The zero-order valence-electron chi connectivity index (χ0n) is 21.4. The maximum Gasteiger partial charge on any atom is 0.435 e. The van der Waals surface area contributed by atoms with Gasteiger partial charge in [-0.15, -0.1) is 0 Å². The molecule has 1 aromatic rings. The van der Waals surface area contributed by atoms with Crippen LogP contribution in [-0.4, -0.2) is 77.1 Å². The maximum absolute atomic E-state index is 13.4. The Kier molecular flexibility index (Phi) is 8.18. The number of aliphatic imine (C=N–C) groups is 1. The molecular formula is C24H37N5O5. The molecule has 0 bridgehead atoms. The van der Waals surface area contributed by atoms with Crippen molar-refractivity contribution in [2.45, 2.75) is 59.3 Å². The number of hydrogen-bond donors (Lipinski definition) is 1. The molecule has 2 N–H and O–H groups in total. The SMILES string of the molecule is CN1CC(/C(=N\C(=O)OC(C)(C)C)N(Cc2cccc(N)c2)C(=O)OC(C)(C)C)CN(C)C1=O. The highest BCUT2D eigenvalue weighted by Gasteiger charge is 2.37. The van der Waals surface area contributed by atoms with Crippen molar-refractivity contribution in [2.24, 2.45) is 10.9 Å². The van der Waals surface area contributed by atoms with Crippen LogP contribution in [0.15, 0.2) is 29.3 Å². The normalized spacial score (nSPS) is 15.9. The van der Waals surface area contributed by atoms with Gasteiger partial charge in [-0.3, -0.25) is 4.90 Å². The first kappa shape index (κ1) is 26.9. The monoisotopic (exact) mass is 475 g/mol. The van der Waals surface area contributed by atoms with E-state index in [1.165, 1.54) is 14.7 Å². The van der Waals surface area contributed by atoms with Crippen LogP contribution < -0.4 is 5.73 Å². The van der Waals surface area contributed by atoms with Gasteiger partial charge in [0.2, 0.25) is 0 Å². The topological polar surface area (TPSA) is 118 Å². The number of hydrogen-bond acceptors (Lipinski definition) is 6. The molecule has 10 heteroatoms. The van der Waals surface area contributed by atoms with Gasteiger partial charge < -0.3 is 25.0 Å². The first-order valence-corrected chi connectivity index (χ1v) is 11.2. The minimum Gasteiger partial charge on any atom is -0.443 e. The van der Waals surface area contributed by atoms with E-state index in [0.29, 0.717) is 5.69 Å². The fourth-order valence-electron chi connectivity index (χ4n) is 3.51. The number of carbonyl (C=O) groups is 3. The summed E-state index contributed by atoms with van der Waals surface area (Å²) >= 11 is 0. The summed E-state index contributed by atoms with van der Waals surface area (Å²) in [4.78, 5) is 47.1. The van der Waals surface area contributed by atoms with Crippen molar-refractivity contribution in [3.05, 3.63) is 29.8 Å². The molecule has 1 aliphatic heterocycles. The summed E-state index contributed by atoms with van der Waals surface area (Å²) in [5.41, 5.74) is 5.66. The number of nitrogens with two attached hydrogens (primary N) is 1. The van der Waals surface area contributed by atoms with Crippen LogP contribution in [0, 0.1) is 5.92 Å². The van der Waals surface area contributed by atoms with E-state index in [1.54, 1.807) is 73.8 Å². The van der Waals surface area contributed by atoms with E-state index >= 15 is 0 Å². The highest BCUT2D eigenvalue weighted by molar-refractivity contribution is 6.02. The predicted octanol–water partition coefficient (Wildman–Crippen LogP) is 3.95. The summed E-state index contributed by atoms with van der Waals surface area (Å²) < 4.78 is 11.1. The number of urea groups is 1. The first-order chi connectivity index (χ1) is 15.6. The number of nitrogen functional groups attached to an aromatic ring is 1. The second kappa shape index (κ2) is 10.3. The molecular weight excluding hydrogens is 438 g/mol. The molecule has 1 heterocycles. The fourth-order valence-corrected chi connectivity index (χ4v) is 3.51. The van der Waals surface area contributed by atoms with Crippen LogP contribution in [-0.2, 0) is 16.0 Å². The molecule has 0 atom stereocenters. The van der Waals surface area contributed by atoms with Gasteiger partial charge in [-0.2, -0.15) is 4.99 Å². The second-order valence-electron chi connectivity index (χ2n) is 10.5. The summed E-state index contributed by atoms with van der Waals surface area (Å²) in [5, 5.41) is 0. The Labute approximate surface area is 201 Å². The van der Waals surface area contributed by atoms with Gasteiger partial charge in [0.15, 0.2) is 0 Å². The average Bonchev–Trinajstić information content (AvgIpc) is 2.65. The summed E-state index contributed by atoms with van der Waals surface area (Å²) in [5.74, 6) is -0.286. The van der Waals surface area contributed by atoms with E-state index in [4.69, 9.17) is 15.2 Å². The lowest BCUT2D eigenvalue weighted by Gasteiger charge is -2.39. The standard InChI is InChI=1S/C24H37N5O5/c1-23(2,3)33-20(30)26-19(17-14-27(7)21(31)28(8)15-17)29(22(32)34-24(4,5)6)13-16-10-9-11-18(25)12-16/h9-12,17H,13-15,25H2,1-8H3/b26-19+. The third kappa shape index (κ3) is 7.93. The molecule has 4 amide bonds. The first-order valence-electron chi connectivity index (χ1n) is 11.2. The summed E-state index contributed by atoms with van der Waals surface area (Å²) in [6.07, 6.45) is -1.50. The Morgan fingerprint density at radius 3 is 2.12 bits per heavy atom. The zero-order valence-corrected chi connectivity index (χ0v) is 21.4. The molecule has 0 radical (unpaired) electrons. The highest BCUT2D eigenvalue weighted by Crippen LogP contribution is 2.22. The van der Waals surface area contributed by atoms with Gasteiger partial charge in [0.05, 0.1) is 12.5 Å². The molecule has 1 aliphatic rings. The minimum atomic E-state index is -0.828. The van der Waals surface area contributed by atoms with Gasteiger partial charge in [0, 0.05) is 32.9 Å². The van der Waals surface area contributed by atoms with Gasteiger partial charge in [0.1, 0.15) is 17.0 Å². The van der Waals surface area contributed by atoms with E-state index < -0.39 is 29.3 Å². The van der Waals surface area contributed by atoms with Crippen LogP contribution in [0.3, 0.4) is 0 Å². The van der Waals surface area contributed by atoms with Crippen molar-refractivity contribution >= 4 is 29.7 Å². The molecule has 34 heavy (non-hydrogen) atoms. The predicted molar refractivity (Wildman–Crippen MR) is 130 cm³/mol. The average molecular weight is 476 g/mol. The molecule has 1 fully saturated rings. The van der Waals surface area contributed by atoms with E-state index in [2.05, 4.69) is 4.99 Å². The molecule has 1 saturated heterocycles. The van der Waals surface area contributed by atoms with Crippen LogP contribution in [0.4, 0.5) is 20.1 Å². The molecule has 188 valence electrons. The molecule has 2 rings (SSSR count). The number of rotatable bonds is 3. The molecule has 10 nitrogen and oxygen atoms in total. The van der Waals surface area contributed by atoms with E-state index in [1.807, 2.05) is 6.07 Å². The Hall–Kier alpha value is -3.30. The molecule has 0 aromatic heterocycles. The van der Waals surface area contributed by atoms with Crippen molar-refractivity contribution in [2.75, 3.05) is 32.9 Å². The Morgan fingerprint density at radius 2 is 1.62 bits per heavy atom. The lowest BCUT2D eigenvalue weighted by atomic mass is 10.0. The third-order valence-corrected chi connectivity index (χ3v) is 4.79. The van der Waals surface area contributed by atoms with Crippen LogP contribution >= 0.6 is 0 Å². The Morgan fingerprint density at radius 1 is 1.06 bits per heavy atom. The van der Waals surface area contributed by atoms with E-state index in [-0.39, 0.29) is 31.5 Å². The Bertz CT molecular complexity index is 934. The molecule has 0 unspecified atom stereocenters. The number of amidine groups is 1. The van der Waals surface area contributed by atoms with Crippen molar-refractivity contribution in [1.82, 2.24) is 14.7 Å². The molecule has 0 spiro atoms. The van der Waals surface area contributed by atoms with Crippen LogP contribution in [0.25, 0.3) is 0 Å². The quantitative estimate of drug-likeness (QED) is 0.402. The van der Waals surface area contributed by atoms with Gasteiger partial charge in [0.25, 0.3) is 0 Å². The number of nitrogens with zero attached hydrogens (tertiary/aromatic N) is 4. The minimum absolute atomic E-state index is 0.0689. The number of ether oxygens (including phenoxy) is 2. The zero-order chi connectivity index (χ0) is 25.8. The van der Waals surface area contributed by atoms with Gasteiger partial charge in [-0.1, -0.05) is 12.1 Å². The number of amides is 4. The van der Waals surface area contributed by atoms with Crippen LogP contribution in [0.5, 0.6) is 0 Å². The second-order valence-corrected chi connectivity index (χ2v) is 10.5. The van der Waals surface area contributed by atoms with Crippen molar-refractivity contribution < 1.29 is 23.9 Å². The van der Waals surface area contributed by atoms with Gasteiger partial charge >= 0.3 is 18.2 Å². The molecule has 0 aliphatic carbocycles. The lowest BCUT2D eigenvalue weighted by Crippen LogP contribution is -2.56. The van der Waals surface area contributed by atoms with Crippen LogP contribution in [0.2, 0.25) is 0 Å². The van der Waals surface area contributed by atoms with E-state index in [9.17, 15) is 14.4 Å². The largest absolute Gasteiger partial charge is 0.443 e. The van der Waals surface area contributed by atoms with Gasteiger partial charge in [-0.05, 0) is 59.2 Å².